The van der Waals surface area contributed by atoms with Crippen LogP contribution in [0.2, 0.25) is 0 Å². The maximum Gasteiger partial charge on any atom is 0.273 e. The monoisotopic (exact) mass is 187 g/mol. The Morgan fingerprint density at radius 2 is 2.31 bits per heavy atom. The molecule has 13 heavy (non-hydrogen) atoms. The molecule has 0 aliphatic heterocycles. The van der Waals surface area contributed by atoms with Crippen molar-refractivity contribution in [2.45, 2.75) is 26.7 Å². The third kappa shape index (κ3) is 8.65. The summed E-state index contributed by atoms with van der Waals surface area (Å²) in [5.41, 5.74) is 5.30. The van der Waals surface area contributed by atoms with Crippen LogP contribution in [0.25, 0.3) is 0 Å². The fourth-order valence-electron chi connectivity index (χ4n) is 0.902. The van der Waals surface area contributed by atoms with Gasteiger partial charge in [-0.2, -0.15) is 0 Å². The van der Waals surface area contributed by atoms with Gasteiger partial charge in [-0.1, -0.05) is 13.8 Å². The average molecular weight is 187 g/mol. The molecule has 0 saturated heterocycles. The minimum atomic E-state index is -0.565. The molecule has 0 atom stereocenters. The lowest BCUT2D eigenvalue weighted by atomic mass is 10.1. The van der Waals surface area contributed by atoms with Crippen molar-refractivity contribution >= 4 is 0 Å². The smallest absolute Gasteiger partial charge is 0.273 e. The van der Waals surface area contributed by atoms with Gasteiger partial charge in [-0.05, 0) is 18.8 Å². The number of nitrogens with zero attached hydrogens (tertiary/aromatic N) is 1. The number of nitrogens with two attached hydrogens (primary N) is 1. The molecular weight excluding hydrogens is 170 g/mol. The summed E-state index contributed by atoms with van der Waals surface area (Å²) in [4.78, 5) is 9.40. The van der Waals surface area contributed by atoms with E-state index in [1.165, 1.54) is 0 Å². The first-order valence-corrected chi connectivity index (χ1v) is 4.37. The van der Waals surface area contributed by atoms with E-state index in [0.29, 0.717) is 12.5 Å². The van der Waals surface area contributed by atoms with E-state index in [1.54, 1.807) is 0 Å². The molecule has 0 aliphatic carbocycles. The van der Waals surface area contributed by atoms with Gasteiger partial charge in [-0.3, -0.25) is 10.1 Å². The van der Waals surface area contributed by atoms with Crippen LogP contribution in [0.15, 0.2) is 12.0 Å². The van der Waals surface area contributed by atoms with Crippen molar-refractivity contribution in [1.29, 1.82) is 0 Å². The van der Waals surface area contributed by atoms with E-state index >= 15 is 0 Å². The summed E-state index contributed by atoms with van der Waals surface area (Å²) in [7, 11) is 0. The first kappa shape index (κ1) is 11.7. The molecule has 0 heterocycles. The van der Waals surface area contributed by atoms with E-state index < -0.39 is 4.92 Å². The highest BCUT2D eigenvalue weighted by Gasteiger charge is 1.97. The van der Waals surface area contributed by atoms with Gasteiger partial charge < -0.3 is 11.1 Å². The maximum absolute atomic E-state index is 9.96. The van der Waals surface area contributed by atoms with Crippen LogP contribution in [-0.2, 0) is 0 Å². The van der Waals surface area contributed by atoms with E-state index in [-0.39, 0.29) is 5.82 Å². The Kier molecular flexibility index (Phi) is 5.67. The first-order valence-electron chi connectivity index (χ1n) is 4.37. The van der Waals surface area contributed by atoms with Crippen LogP contribution in [0, 0.1) is 16.0 Å². The highest BCUT2D eigenvalue weighted by atomic mass is 16.6. The summed E-state index contributed by atoms with van der Waals surface area (Å²) in [6, 6.07) is 0. The largest absolute Gasteiger partial charge is 0.380 e. The van der Waals surface area contributed by atoms with Crippen LogP contribution in [0.1, 0.15) is 26.7 Å². The molecule has 0 unspecified atom stereocenters. The van der Waals surface area contributed by atoms with Crippen LogP contribution in [0.5, 0.6) is 0 Å². The molecule has 0 aliphatic rings. The van der Waals surface area contributed by atoms with E-state index in [4.69, 9.17) is 5.73 Å². The van der Waals surface area contributed by atoms with Crippen molar-refractivity contribution in [1.82, 2.24) is 5.32 Å². The third-order valence-electron chi connectivity index (χ3n) is 1.53. The van der Waals surface area contributed by atoms with Crippen molar-refractivity contribution in [3.63, 3.8) is 0 Å². The number of rotatable bonds is 6. The Hall–Kier alpha value is -1.26. The Bertz CT molecular complexity index is 190. The SMILES string of the molecule is CC(C)CCCN/C(N)=C/[N+](=O)[O-]. The summed E-state index contributed by atoms with van der Waals surface area (Å²) < 4.78 is 0. The van der Waals surface area contributed by atoms with Crippen LogP contribution in [0.3, 0.4) is 0 Å². The van der Waals surface area contributed by atoms with Gasteiger partial charge in [-0.25, -0.2) is 0 Å². The summed E-state index contributed by atoms with van der Waals surface area (Å²) >= 11 is 0. The van der Waals surface area contributed by atoms with Gasteiger partial charge in [0.25, 0.3) is 6.20 Å². The van der Waals surface area contributed by atoms with Gasteiger partial charge >= 0.3 is 0 Å². The second-order valence-corrected chi connectivity index (χ2v) is 3.33. The Labute approximate surface area is 78.1 Å². The fourth-order valence-corrected chi connectivity index (χ4v) is 0.902. The van der Waals surface area contributed by atoms with Gasteiger partial charge in [0.2, 0.25) is 0 Å². The zero-order chi connectivity index (χ0) is 10.3. The zero-order valence-electron chi connectivity index (χ0n) is 8.12. The lowest BCUT2D eigenvalue weighted by molar-refractivity contribution is -0.403. The van der Waals surface area contributed by atoms with Gasteiger partial charge in [0.05, 0.1) is 4.92 Å². The van der Waals surface area contributed by atoms with Crippen LogP contribution in [0.4, 0.5) is 0 Å². The van der Waals surface area contributed by atoms with Crippen LogP contribution < -0.4 is 11.1 Å². The summed E-state index contributed by atoms with van der Waals surface area (Å²) in [6.07, 6.45) is 2.85. The lowest BCUT2D eigenvalue weighted by Gasteiger charge is -2.05. The molecule has 5 nitrogen and oxygen atoms in total. The van der Waals surface area contributed by atoms with Crippen molar-refractivity contribution in [2.75, 3.05) is 6.54 Å². The van der Waals surface area contributed by atoms with Gasteiger partial charge in [-0.15, -0.1) is 0 Å². The first-order chi connectivity index (χ1) is 6.02. The normalized spacial score (nSPS) is 11.8. The number of nitrogens with one attached hydrogen (secondary N) is 1. The van der Waals surface area contributed by atoms with Crippen molar-refractivity contribution in [3.8, 4) is 0 Å². The quantitative estimate of drug-likeness (QED) is 0.370. The second kappa shape index (κ2) is 6.28. The number of hydrogen-bond donors (Lipinski definition) is 2. The zero-order valence-corrected chi connectivity index (χ0v) is 8.12. The highest BCUT2D eigenvalue weighted by Crippen LogP contribution is 2.01. The Morgan fingerprint density at radius 1 is 1.69 bits per heavy atom. The Morgan fingerprint density at radius 3 is 2.77 bits per heavy atom. The summed E-state index contributed by atoms with van der Waals surface area (Å²) in [5, 5.41) is 12.7. The topological polar surface area (TPSA) is 81.2 Å². The summed E-state index contributed by atoms with van der Waals surface area (Å²) in [6.45, 7) is 4.96. The van der Waals surface area contributed by atoms with E-state index in [9.17, 15) is 10.1 Å². The van der Waals surface area contributed by atoms with E-state index in [0.717, 1.165) is 19.0 Å². The van der Waals surface area contributed by atoms with Crippen molar-refractivity contribution < 1.29 is 4.92 Å². The second-order valence-electron chi connectivity index (χ2n) is 3.33. The highest BCUT2D eigenvalue weighted by molar-refractivity contribution is 4.86. The maximum atomic E-state index is 9.96. The molecular formula is C8H17N3O2. The van der Waals surface area contributed by atoms with Crippen LogP contribution >= 0.6 is 0 Å². The molecule has 0 aromatic heterocycles. The molecule has 0 aromatic carbocycles. The predicted molar refractivity (Wildman–Crippen MR) is 51.3 cm³/mol. The van der Waals surface area contributed by atoms with Crippen molar-refractivity contribution in [2.24, 2.45) is 11.7 Å². The molecule has 0 amide bonds. The molecule has 3 N–H and O–H groups in total. The minimum absolute atomic E-state index is 0.119. The summed E-state index contributed by atoms with van der Waals surface area (Å²) in [5.74, 6) is 0.774. The Balaban J connectivity index is 3.48. The van der Waals surface area contributed by atoms with Gasteiger partial charge in [0.15, 0.2) is 5.82 Å². The standard InChI is InChI=1S/C8H17N3O2/c1-7(2)4-3-5-10-8(9)6-11(12)13/h6-7,10H,3-5,9H2,1-2H3/b8-6+. The lowest BCUT2D eigenvalue weighted by Crippen LogP contribution is -2.22. The minimum Gasteiger partial charge on any atom is -0.380 e. The predicted octanol–water partition coefficient (Wildman–Crippen LogP) is 1.05. The van der Waals surface area contributed by atoms with E-state index in [2.05, 4.69) is 19.2 Å². The molecule has 76 valence electrons. The molecule has 0 bridgehead atoms. The third-order valence-corrected chi connectivity index (χ3v) is 1.53. The van der Waals surface area contributed by atoms with Crippen LogP contribution in [-0.4, -0.2) is 11.5 Å². The number of hydrogen-bond acceptors (Lipinski definition) is 4. The number of nitro groups is 1. The van der Waals surface area contributed by atoms with Gasteiger partial charge in [0.1, 0.15) is 0 Å². The molecule has 0 fully saturated rings. The molecule has 0 radical (unpaired) electrons. The van der Waals surface area contributed by atoms with Gasteiger partial charge in [0, 0.05) is 6.54 Å². The molecule has 5 heteroatoms. The molecule has 0 spiro atoms. The van der Waals surface area contributed by atoms with Crippen molar-refractivity contribution in [3.05, 3.63) is 22.1 Å². The van der Waals surface area contributed by atoms with E-state index in [1.807, 2.05) is 0 Å². The average Bonchev–Trinajstić information content (AvgIpc) is 1.96. The molecule has 0 saturated carbocycles. The fraction of sp³-hybridized carbons (Fsp3) is 0.750. The molecule has 0 rings (SSSR count). The molecule has 0 aromatic rings.